The van der Waals surface area contributed by atoms with E-state index >= 15 is 0 Å². The van der Waals surface area contributed by atoms with Crippen molar-refractivity contribution in [1.29, 1.82) is 0 Å². The fourth-order valence-electron chi connectivity index (χ4n) is 1.24. The van der Waals surface area contributed by atoms with Gasteiger partial charge >= 0.3 is 0 Å². The molecule has 1 aromatic carbocycles. The molecule has 0 saturated carbocycles. The minimum Gasteiger partial charge on any atom is -0.329 e. The smallest absolute Gasteiger partial charge is 0.256 e. The average Bonchev–Trinajstić information content (AvgIpc) is 2.02. The van der Waals surface area contributed by atoms with Gasteiger partial charge in [0, 0.05) is 15.7 Å². The minimum atomic E-state index is -0.110. The lowest BCUT2D eigenvalue weighted by Gasteiger charge is -1.99. The molecule has 0 atom stereocenters. The van der Waals surface area contributed by atoms with Crippen LogP contribution in [0, 0.1) is 0 Å². The summed E-state index contributed by atoms with van der Waals surface area (Å²) in [6, 6.07) is 5.28. The van der Waals surface area contributed by atoms with Crippen molar-refractivity contribution in [1.82, 2.24) is 4.98 Å². The molecule has 0 bridgehead atoms. The molecule has 0 aliphatic rings. The first-order valence-corrected chi connectivity index (χ1v) is 4.82. The molecule has 1 N–H and O–H groups in total. The second-order valence-electron chi connectivity index (χ2n) is 2.66. The SMILES string of the molecule is O=c1[nH]ccc2cc(Cl)cc(Br)c12. The van der Waals surface area contributed by atoms with Gasteiger partial charge in [0.05, 0.1) is 5.39 Å². The van der Waals surface area contributed by atoms with E-state index in [1.54, 1.807) is 18.3 Å². The van der Waals surface area contributed by atoms with Crippen molar-refractivity contribution < 1.29 is 0 Å². The van der Waals surface area contributed by atoms with Gasteiger partial charge < -0.3 is 4.98 Å². The maximum Gasteiger partial charge on any atom is 0.256 e. The largest absolute Gasteiger partial charge is 0.329 e. The quantitative estimate of drug-likeness (QED) is 0.774. The highest BCUT2D eigenvalue weighted by Crippen LogP contribution is 2.24. The van der Waals surface area contributed by atoms with Crippen LogP contribution in [0.4, 0.5) is 0 Å². The van der Waals surface area contributed by atoms with E-state index < -0.39 is 0 Å². The zero-order valence-electron chi connectivity index (χ0n) is 6.47. The Morgan fingerprint density at radius 3 is 2.92 bits per heavy atom. The number of halogens is 2. The highest BCUT2D eigenvalue weighted by Gasteiger charge is 2.03. The van der Waals surface area contributed by atoms with Crippen LogP contribution in [-0.4, -0.2) is 4.98 Å². The van der Waals surface area contributed by atoms with Gasteiger partial charge in [-0.2, -0.15) is 0 Å². The predicted molar refractivity (Wildman–Crippen MR) is 57.3 cm³/mol. The van der Waals surface area contributed by atoms with Crippen molar-refractivity contribution in [2.45, 2.75) is 0 Å². The van der Waals surface area contributed by atoms with Crippen LogP contribution in [0.2, 0.25) is 5.02 Å². The highest BCUT2D eigenvalue weighted by molar-refractivity contribution is 9.10. The van der Waals surface area contributed by atoms with Gasteiger partial charge in [0.15, 0.2) is 0 Å². The fraction of sp³-hybridized carbons (Fsp3) is 0. The molecule has 1 aromatic heterocycles. The van der Waals surface area contributed by atoms with E-state index in [4.69, 9.17) is 11.6 Å². The molecular weight excluding hydrogens is 253 g/mol. The summed E-state index contributed by atoms with van der Waals surface area (Å²) < 4.78 is 0.719. The van der Waals surface area contributed by atoms with Crippen LogP contribution in [0.1, 0.15) is 0 Å². The Kier molecular flexibility index (Phi) is 2.14. The van der Waals surface area contributed by atoms with Crippen LogP contribution >= 0.6 is 27.5 Å². The summed E-state index contributed by atoms with van der Waals surface area (Å²) in [6.45, 7) is 0. The van der Waals surface area contributed by atoms with Crippen LogP contribution in [0.3, 0.4) is 0 Å². The van der Waals surface area contributed by atoms with E-state index in [0.717, 1.165) is 9.86 Å². The van der Waals surface area contributed by atoms with Gasteiger partial charge in [0.25, 0.3) is 5.56 Å². The first-order chi connectivity index (χ1) is 6.18. The van der Waals surface area contributed by atoms with Gasteiger partial charge in [-0.3, -0.25) is 4.79 Å². The monoisotopic (exact) mass is 257 g/mol. The van der Waals surface area contributed by atoms with Crippen molar-refractivity contribution in [3.05, 3.63) is 44.2 Å². The number of aromatic nitrogens is 1. The molecular formula is C9H5BrClNO. The van der Waals surface area contributed by atoms with E-state index in [2.05, 4.69) is 20.9 Å². The lowest BCUT2D eigenvalue weighted by atomic mass is 10.2. The summed E-state index contributed by atoms with van der Waals surface area (Å²) in [5.41, 5.74) is -0.110. The molecule has 0 spiro atoms. The number of rotatable bonds is 0. The summed E-state index contributed by atoms with van der Waals surface area (Å²) in [4.78, 5) is 14.0. The molecule has 13 heavy (non-hydrogen) atoms. The summed E-state index contributed by atoms with van der Waals surface area (Å²) in [5, 5.41) is 2.08. The Labute approximate surface area is 87.7 Å². The van der Waals surface area contributed by atoms with Gasteiger partial charge in [-0.05, 0) is 39.5 Å². The molecule has 2 nitrogen and oxygen atoms in total. The Hall–Kier alpha value is -0.800. The van der Waals surface area contributed by atoms with Gasteiger partial charge in [0.2, 0.25) is 0 Å². The molecule has 4 heteroatoms. The summed E-state index contributed by atoms with van der Waals surface area (Å²) in [5.74, 6) is 0. The maximum atomic E-state index is 11.4. The topological polar surface area (TPSA) is 32.9 Å². The van der Waals surface area contributed by atoms with Crippen molar-refractivity contribution in [2.24, 2.45) is 0 Å². The molecule has 0 radical (unpaired) electrons. The Balaban J connectivity index is 3.03. The van der Waals surface area contributed by atoms with Gasteiger partial charge in [0.1, 0.15) is 0 Å². The van der Waals surface area contributed by atoms with Crippen molar-refractivity contribution in [3.8, 4) is 0 Å². The van der Waals surface area contributed by atoms with Crippen LogP contribution in [-0.2, 0) is 0 Å². The highest BCUT2D eigenvalue weighted by atomic mass is 79.9. The number of nitrogens with one attached hydrogen (secondary N) is 1. The lowest BCUT2D eigenvalue weighted by molar-refractivity contribution is 1.27. The lowest BCUT2D eigenvalue weighted by Crippen LogP contribution is -2.04. The summed E-state index contributed by atoms with van der Waals surface area (Å²) in [6.07, 6.45) is 1.60. The first-order valence-electron chi connectivity index (χ1n) is 3.65. The summed E-state index contributed by atoms with van der Waals surface area (Å²) in [7, 11) is 0. The van der Waals surface area contributed by atoms with Crippen molar-refractivity contribution >= 4 is 38.3 Å². The third-order valence-corrected chi connectivity index (χ3v) is 2.63. The zero-order valence-corrected chi connectivity index (χ0v) is 8.82. The normalized spacial score (nSPS) is 10.6. The van der Waals surface area contributed by atoms with E-state index in [1.165, 1.54) is 0 Å². The molecule has 1 heterocycles. The maximum absolute atomic E-state index is 11.4. The van der Waals surface area contributed by atoms with E-state index in [9.17, 15) is 4.79 Å². The van der Waals surface area contributed by atoms with E-state index in [1.807, 2.05) is 6.07 Å². The average molecular weight is 259 g/mol. The Bertz CT molecular complexity index is 520. The minimum absolute atomic E-state index is 0.110. The number of benzene rings is 1. The summed E-state index contributed by atoms with van der Waals surface area (Å²) >= 11 is 9.13. The number of pyridine rings is 1. The fourth-order valence-corrected chi connectivity index (χ4v) is 2.26. The zero-order chi connectivity index (χ0) is 9.42. The molecule has 2 rings (SSSR count). The second-order valence-corrected chi connectivity index (χ2v) is 3.95. The van der Waals surface area contributed by atoms with E-state index in [0.29, 0.717) is 10.4 Å². The molecule has 0 aliphatic heterocycles. The van der Waals surface area contributed by atoms with Crippen LogP contribution in [0.15, 0.2) is 33.7 Å². The predicted octanol–water partition coefficient (Wildman–Crippen LogP) is 2.94. The number of hydrogen-bond acceptors (Lipinski definition) is 1. The molecule has 0 saturated heterocycles. The molecule has 2 aromatic rings. The van der Waals surface area contributed by atoms with Gasteiger partial charge in [-0.25, -0.2) is 0 Å². The van der Waals surface area contributed by atoms with Crippen molar-refractivity contribution in [2.75, 3.05) is 0 Å². The van der Waals surface area contributed by atoms with Crippen molar-refractivity contribution in [3.63, 3.8) is 0 Å². The molecule has 0 unspecified atom stereocenters. The van der Waals surface area contributed by atoms with Crippen LogP contribution < -0.4 is 5.56 Å². The van der Waals surface area contributed by atoms with Crippen LogP contribution in [0.25, 0.3) is 10.8 Å². The first kappa shape index (κ1) is 8.78. The third-order valence-electron chi connectivity index (χ3n) is 1.79. The standard InChI is InChI=1S/C9H5BrClNO/c10-7-4-6(11)3-5-1-2-12-9(13)8(5)7/h1-4H,(H,12,13). The molecule has 0 amide bonds. The number of aromatic amines is 1. The Morgan fingerprint density at radius 1 is 1.38 bits per heavy atom. The van der Waals surface area contributed by atoms with Crippen LogP contribution in [0.5, 0.6) is 0 Å². The molecule has 0 fully saturated rings. The Morgan fingerprint density at radius 2 is 2.15 bits per heavy atom. The van der Waals surface area contributed by atoms with Gasteiger partial charge in [-0.15, -0.1) is 0 Å². The third kappa shape index (κ3) is 1.49. The van der Waals surface area contributed by atoms with Gasteiger partial charge in [-0.1, -0.05) is 11.6 Å². The number of fused-ring (bicyclic) bond motifs is 1. The molecule has 66 valence electrons. The molecule has 0 aliphatic carbocycles. The number of hydrogen-bond donors (Lipinski definition) is 1. The number of H-pyrrole nitrogens is 1. The second kappa shape index (κ2) is 3.16. The van der Waals surface area contributed by atoms with E-state index in [-0.39, 0.29) is 5.56 Å².